The summed E-state index contributed by atoms with van der Waals surface area (Å²) in [6.07, 6.45) is 3.40. The van der Waals surface area contributed by atoms with Gasteiger partial charge in [0, 0.05) is 29.1 Å². The third-order valence-electron chi connectivity index (χ3n) is 5.31. The summed E-state index contributed by atoms with van der Waals surface area (Å²) in [5.74, 6) is 0.877. The first-order valence-electron chi connectivity index (χ1n) is 10.4. The number of rotatable bonds is 5. The number of anilines is 1. The van der Waals surface area contributed by atoms with Crippen molar-refractivity contribution < 1.29 is 9.53 Å². The zero-order valence-electron chi connectivity index (χ0n) is 18.2. The number of pyridine rings is 1. The molecule has 0 saturated carbocycles. The van der Waals surface area contributed by atoms with Crippen LogP contribution in [0.25, 0.3) is 28.2 Å². The molecular formula is C26H21N5O2. The molecule has 7 nitrogen and oxygen atoms in total. The van der Waals surface area contributed by atoms with Crippen LogP contribution in [-0.4, -0.2) is 32.6 Å². The van der Waals surface area contributed by atoms with Crippen molar-refractivity contribution >= 4 is 17.4 Å². The Morgan fingerprint density at radius 2 is 1.79 bits per heavy atom. The zero-order chi connectivity index (χ0) is 22.8. The summed E-state index contributed by atoms with van der Waals surface area (Å²) >= 11 is 0. The third-order valence-corrected chi connectivity index (χ3v) is 5.31. The fourth-order valence-corrected chi connectivity index (χ4v) is 3.72. The Morgan fingerprint density at radius 3 is 2.58 bits per heavy atom. The van der Waals surface area contributed by atoms with Gasteiger partial charge >= 0.3 is 0 Å². The molecule has 0 atom stereocenters. The highest BCUT2D eigenvalue weighted by molar-refractivity contribution is 6.04. The first-order valence-corrected chi connectivity index (χ1v) is 10.4. The molecule has 33 heavy (non-hydrogen) atoms. The predicted molar refractivity (Wildman–Crippen MR) is 127 cm³/mol. The minimum Gasteiger partial charge on any atom is -0.497 e. The third kappa shape index (κ3) is 4.04. The van der Waals surface area contributed by atoms with Crippen LogP contribution in [0.4, 0.5) is 5.82 Å². The molecule has 0 saturated heterocycles. The second-order valence-electron chi connectivity index (χ2n) is 7.58. The van der Waals surface area contributed by atoms with E-state index in [2.05, 4.69) is 34.5 Å². The second kappa shape index (κ2) is 8.55. The average molecular weight is 435 g/mol. The Bertz CT molecular complexity index is 1460. The lowest BCUT2D eigenvalue weighted by Gasteiger charge is -2.09. The molecule has 0 fully saturated rings. The quantitative estimate of drug-likeness (QED) is 0.419. The summed E-state index contributed by atoms with van der Waals surface area (Å²) in [6.45, 7) is 2.05. The Labute approximate surface area is 190 Å². The van der Waals surface area contributed by atoms with E-state index in [0.717, 1.165) is 33.7 Å². The molecule has 5 rings (SSSR count). The highest BCUT2D eigenvalue weighted by Gasteiger charge is 2.18. The maximum absolute atomic E-state index is 12.7. The molecule has 0 aliphatic heterocycles. The standard InChI is InChI=1S/C26H21N5O2/c1-17-5-3-6-19(15-17)24-25(31-23(30-24)7-4-13-28-31)20-12-14-27-22(16-20)29-26(32)18-8-10-21(33-2)11-9-18/h3-16H,1-2H3,(H,27,29,32). The highest BCUT2D eigenvalue weighted by Crippen LogP contribution is 2.33. The van der Waals surface area contributed by atoms with Crippen LogP contribution in [0, 0.1) is 6.92 Å². The summed E-state index contributed by atoms with van der Waals surface area (Å²) in [6, 6.07) is 22.6. The molecule has 0 aliphatic carbocycles. The van der Waals surface area contributed by atoms with E-state index in [0.29, 0.717) is 17.1 Å². The van der Waals surface area contributed by atoms with Gasteiger partial charge in [-0.05, 0) is 61.5 Å². The molecule has 2 aromatic carbocycles. The molecule has 5 aromatic rings. The molecule has 3 heterocycles. The number of imidazole rings is 1. The van der Waals surface area contributed by atoms with Crippen LogP contribution in [0.15, 0.2) is 85.2 Å². The smallest absolute Gasteiger partial charge is 0.256 e. The molecule has 1 amide bonds. The number of nitrogens with zero attached hydrogens (tertiary/aromatic N) is 4. The van der Waals surface area contributed by atoms with Crippen LogP contribution >= 0.6 is 0 Å². The summed E-state index contributed by atoms with van der Waals surface area (Å²) < 4.78 is 6.96. The second-order valence-corrected chi connectivity index (χ2v) is 7.58. The van der Waals surface area contributed by atoms with Gasteiger partial charge < -0.3 is 10.1 Å². The van der Waals surface area contributed by atoms with Crippen LogP contribution < -0.4 is 10.1 Å². The number of methoxy groups -OCH3 is 1. The molecule has 0 bridgehead atoms. The van der Waals surface area contributed by atoms with E-state index in [-0.39, 0.29) is 5.91 Å². The van der Waals surface area contributed by atoms with Crippen molar-refractivity contribution in [1.82, 2.24) is 19.6 Å². The molecular weight excluding hydrogens is 414 g/mol. The van der Waals surface area contributed by atoms with Gasteiger partial charge in [0.25, 0.3) is 5.91 Å². The van der Waals surface area contributed by atoms with E-state index in [1.54, 1.807) is 43.8 Å². The first kappa shape index (κ1) is 20.4. The van der Waals surface area contributed by atoms with Gasteiger partial charge in [0.1, 0.15) is 17.3 Å². The average Bonchev–Trinajstić information content (AvgIpc) is 3.24. The molecule has 162 valence electrons. The zero-order valence-corrected chi connectivity index (χ0v) is 18.2. The van der Waals surface area contributed by atoms with Crippen molar-refractivity contribution in [2.75, 3.05) is 12.4 Å². The van der Waals surface area contributed by atoms with Gasteiger partial charge in [0.05, 0.1) is 12.8 Å². The Morgan fingerprint density at radius 1 is 0.939 bits per heavy atom. The summed E-state index contributed by atoms with van der Waals surface area (Å²) in [5.41, 5.74) is 5.89. The largest absolute Gasteiger partial charge is 0.497 e. The lowest BCUT2D eigenvalue weighted by Crippen LogP contribution is -2.12. The molecule has 0 radical (unpaired) electrons. The topological polar surface area (TPSA) is 81.4 Å². The minimum absolute atomic E-state index is 0.252. The number of hydrogen-bond donors (Lipinski definition) is 1. The van der Waals surface area contributed by atoms with Crippen molar-refractivity contribution in [1.29, 1.82) is 0 Å². The normalized spacial score (nSPS) is 10.8. The summed E-state index contributed by atoms with van der Waals surface area (Å²) in [4.78, 5) is 21.9. The molecule has 1 N–H and O–H groups in total. The number of aryl methyl sites for hydroxylation is 1. The minimum atomic E-state index is -0.252. The van der Waals surface area contributed by atoms with E-state index in [1.807, 2.05) is 40.9 Å². The molecule has 0 aliphatic rings. The fraction of sp³-hybridized carbons (Fsp3) is 0.0769. The van der Waals surface area contributed by atoms with Crippen molar-refractivity contribution in [3.05, 3.63) is 96.3 Å². The number of ether oxygens (including phenoxy) is 1. The number of aromatic nitrogens is 4. The van der Waals surface area contributed by atoms with Gasteiger partial charge in [-0.15, -0.1) is 0 Å². The number of carbonyl (C=O) groups excluding carboxylic acids is 1. The summed E-state index contributed by atoms with van der Waals surface area (Å²) in [5, 5.41) is 7.39. The monoisotopic (exact) mass is 435 g/mol. The van der Waals surface area contributed by atoms with Gasteiger partial charge in [-0.1, -0.05) is 23.8 Å². The first-order chi connectivity index (χ1) is 16.1. The lowest BCUT2D eigenvalue weighted by molar-refractivity contribution is 0.102. The highest BCUT2D eigenvalue weighted by atomic mass is 16.5. The number of benzene rings is 2. The van der Waals surface area contributed by atoms with Gasteiger partial charge in [0.15, 0.2) is 5.65 Å². The van der Waals surface area contributed by atoms with E-state index in [9.17, 15) is 4.79 Å². The van der Waals surface area contributed by atoms with Crippen LogP contribution in [0.3, 0.4) is 0 Å². The lowest BCUT2D eigenvalue weighted by atomic mass is 10.0. The SMILES string of the molecule is COc1ccc(C(=O)Nc2cc(-c3c(-c4cccc(C)c4)nc4cccnn34)ccn2)cc1. The van der Waals surface area contributed by atoms with Crippen LogP contribution in [0.2, 0.25) is 0 Å². The van der Waals surface area contributed by atoms with Gasteiger partial charge in [-0.3, -0.25) is 4.79 Å². The number of hydrogen-bond acceptors (Lipinski definition) is 5. The number of amides is 1. The Balaban J connectivity index is 1.55. The molecule has 7 heteroatoms. The van der Waals surface area contributed by atoms with Crippen molar-refractivity contribution in [3.8, 4) is 28.3 Å². The Hall–Kier alpha value is -4.52. The maximum Gasteiger partial charge on any atom is 0.256 e. The van der Waals surface area contributed by atoms with Gasteiger partial charge in [0.2, 0.25) is 0 Å². The number of nitrogens with one attached hydrogen (secondary N) is 1. The van der Waals surface area contributed by atoms with Crippen LogP contribution in [-0.2, 0) is 0 Å². The van der Waals surface area contributed by atoms with Crippen LogP contribution in [0.5, 0.6) is 5.75 Å². The summed E-state index contributed by atoms with van der Waals surface area (Å²) in [7, 11) is 1.59. The Kier molecular flexibility index (Phi) is 5.28. The van der Waals surface area contributed by atoms with Crippen LogP contribution in [0.1, 0.15) is 15.9 Å². The number of carbonyl (C=O) groups is 1. The molecule has 0 unspecified atom stereocenters. The van der Waals surface area contributed by atoms with E-state index in [4.69, 9.17) is 9.72 Å². The van der Waals surface area contributed by atoms with E-state index >= 15 is 0 Å². The van der Waals surface area contributed by atoms with Crippen molar-refractivity contribution in [2.45, 2.75) is 6.92 Å². The van der Waals surface area contributed by atoms with Crippen molar-refractivity contribution in [2.24, 2.45) is 0 Å². The van der Waals surface area contributed by atoms with Gasteiger partial charge in [-0.25, -0.2) is 14.5 Å². The van der Waals surface area contributed by atoms with Gasteiger partial charge in [-0.2, -0.15) is 5.10 Å². The fourth-order valence-electron chi connectivity index (χ4n) is 3.72. The maximum atomic E-state index is 12.7. The van der Waals surface area contributed by atoms with Crippen molar-refractivity contribution in [3.63, 3.8) is 0 Å². The molecule has 0 spiro atoms. The van der Waals surface area contributed by atoms with E-state index < -0.39 is 0 Å². The predicted octanol–water partition coefficient (Wildman–Crippen LogP) is 5.03. The molecule has 3 aromatic heterocycles. The number of fused-ring (bicyclic) bond motifs is 1. The van der Waals surface area contributed by atoms with E-state index in [1.165, 1.54) is 0 Å².